The quantitative estimate of drug-likeness (QED) is 0.421. The third-order valence-electron chi connectivity index (χ3n) is 4.65. The van der Waals surface area contributed by atoms with Crippen LogP contribution in [0.1, 0.15) is 6.42 Å². The summed E-state index contributed by atoms with van der Waals surface area (Å²) in [6.45, 7) is 1.77. The van der Waals surface area contributed by atoms with Crippen LogP contribution in [0.3, 0.4) is 0 Å². The van der Waals surface area contributed by atoms with Gasteiger partial charge in [-0.2, -0.15) is 0 Å². The summed E-state index contributed by atoms with van der Waals surface area (Å²) in [5, 5.41) is 1.84. The molecule has 1 saturated heterocycles. The molecule has 5 rings (SSSR count). The maximum Gasteiger partial charge on any atom is 0.233 e. The molecule has 25 heavy (non-hydrogen) atoms. The Kier molecular flexibility index (Phi) is 3.38. The number of benzene rings is 2. The van der Waals surface area contributed by atoms with Gasteiger partial charge in [0.05, 0.1) is 22.3 Å². The standard InChI is InChI=1S/C19H16N4OS/c24-17(22-10-5-11-22)12-25-19-21-14-7-2-1-6-13(14)18-20-15-8-3-4-9-16(15)23(18)19/h1-4,6-9H,5,10-12H2. The van der Waals surface area contributed by atoms with Crippen LogP contribution in [0.4, 0.5) is 0 Å². The lowest BCUT2D eigenvalue weighted by Crippen LogP contribution is -2.43. The van der Waals surface area contributed by atoms with Crippen molar-refractivity contribution in [2.24, 2.45) is 0 Å². The largest absolute Gasteiger partial charge is 0.342 e. The molecule has 2 aromatic carbocycles. The molecule has 6 heteroatoms. The number of amides is 1. The molecular weight excluding hydrogens is 332 g/mol. The molecule has 0 saturated carbocycles. The van der Waals surface area contributed by atoms with E-state index in [4.69, 9.17) is 9.97 Å². The van der Waals surface area contributed by atoms with E-state index in [1.165, 1.54) is 11.8 Å². The minimum Gasteiger partial charge on any atom is -0.342 e. The van der Waals surface area contributed by atoms with Crippen molar-refractivity contribution in [3.05, 3.63) is 48.5 Å². The van der Waals surface area contributed by atoms with Gasteiger partial charge in [0.25, 0.3) is 0 Å². The second-order valence-electron chi connectivity index (χ2n) is 6.19. The summed E-state index contributed by atoms with van der Waals surface area (Å²) < 4.78 is 2.08. The fourth-order valence-electron chi connectivity index (χ4n) is 3.19. The first kappa shape index (κ1) is 14.7. The van der Waals surface area contributed by atoms with E-state index in [0.29, 0.717) is 5.75 Å². The number of para-hydroxylation sites is 3. The number of aromatic nitrogens is 3. The first-order valence-corrected chi connectivity index (χ1v) is 9.36. The first-order chi connectivity index (χ1) is 12.3. The normalized spacial score (nSPS) is 14.3. The SMILES string of the molecule is O=C(CSc1nc2ccccc2c2nc3ccccc3n12)N1CCC1. The van der Waals surface area contributed by atoms with Crippen LogP contribution in [-0.4, -0.2) is 44.0 Å². The molecule has 0 aliphatic carbocycles. The highest BCUT2D eigenvalue weighted by Gasteiger charge is 2.21. The molecule has 0 bridgehead atoms. The Morgan fingerprint density at radius 3 is 2.56 bits per heavy atom. The molecule has 2 aromatic heterocycles. The average Bonchev–Trinajstić information content (AvgIpc) is 2.98. The van der Waals surface area contributed by atoms with E-state index in [1.54, 1.807) is 0 Å². The van der Waals surface area contributed by atoms with E-state index in [-0.39, 0.29) is 5.91 Å². The van der Waals surface area contributed by atoms with Crippen molar-refractivity contribution >= 4 is 45.3 Å². The summed E-state index contributed by atoms with van der Waals surface area (Å²) in [7, 11) is 0. The van der Waals surface area contributed by atoms with Crippen LogP contribution in [0.2, 0.25) is 0 Å². The Bertz CT molecular complexity index is 1120. The van der Waals surface area contributed by atoms with Crippen LogP contribution in [-0.2, 0) is 4.79 Å². The van der Waals surface area contributed by atoms with Crippen LogP contribution < -0.4 is 0 Å². The zero-order valence-corrected chi connectivity index (χ0v) is 14.4. The minimum absolute atomic E-state index is 0.184. The lowest BCUT2D eigenvalue weighted by molar-refractivity contribution is -0.131. The van der Waals surface area contributed by atoms with Gasteiger partial charge >= 0.3 is 0 Å². The van der Waals surface area contributed by atoms with Crippen molar-refractivity contribution in [2.45, 2.75) is 11.6 Å². The lowest BCUT2D eigenvalue weighted by Gasteiger charge is -2.30. The predicted molar refractivity (Wildman–Crippen MR) is 99.9 cm³/mol. The molecule has 1 amide bonds. The molecule has 4 aromatic rings. The predicted octanol–water partition coefficient (Wildman–Crippen LogP) is 3.36. The number of thioether (sulfide) groups is 1. The number of nitrogens with zero attached hydrogens (tertiary/aromatic N) is 4. The zero-order chi connectivity index (χ0) is 16.8. The van der Waals surface area contributed by atoms with Crippen molar-refractivity contribution in [1.29, 1.82) is 0 Å². The fourth-order valence-corrected chi connectivity index (χ4v) is 4.11. The Labute approximate surface area is 148 Å². The van der Waals surface area contributed by atoms with Crippen LogP contribution in [0.25, 0.3) is 27.6 Å². The number of imidazole rings is 1. The van der Waals surface area contributed by atoms with Crippen LogP contribution >= 0.6 is 11.8 Å². The topological polar surface area (TPSA) is 50.5 Å². The average molecular weight is 348 g/mol. The third-order valence-corrected chi connectivity index (χ3v) is 5.57. The maximum atomic E-state index is 12.3. The Morgan fingerprint density at radius 1 is 1.00 bits per heavy atom. The smallest absolute Gasteiger partial charge is 0.233 e. The molecule has 1 aliphatic heterocycles. The van der Waals surface area contributed by atoms with E-state index in [0.717, 1.165) is 52.3 Å². The molecule has 1 fully saturated rings. The highest BCUT2D eigenvalue weighted by atomic mass is 32.2. The van der Waals surface area contributed by atoms with Crippen LogP contribution in [0, 0.1) is 0 Å². The third kappa shape index (κ3) is 2.36. The molecule has 5 nitrogen and oxygen atoms in total. The van der Waals surface area contributed by atoms with Crippen molar-refractivity contribution in [3.8, 4) is 0 Å². The van der Waals surface area contributed by atoms with E-state index in [9.17, 15) is 4.79 Å². The Morgan fingerprint density at radius 2 is 1.76 bits per heavy atom. The summed E-state index contributed by atoms with van der Waals surface area (Å²) in [5.74, 6) is 0.594. The van der Waals surface area contributed by atoms with Crippen molar-refractivity contribution in [3.63, 3.8) is 0 Å². The number of fused-ring (bicyclic) bond motifs is 5. The number of rotatable bonds is 3. The first-order valence-electron chi connectivity index (χ1n) is 8.38. The second-order valence-corrected chi connectivity index (χ2v) is 7.14. The molecule has 0 unspecified atom stereocenters. The number of carbonyl (C=O) groups is 1. The summed E-state index contributed by atoms with van der Waals surface area (Å²) >= 11 is 1.49. The van der Waals surface area contributed by atoms with Crippen molar-refractivity contribution < 1.29 is 4.79 Å². The lowest BCUT2D eigenvalue weighted by atomic mass is 10.2. The molecule has 3 heterocycles. The van der Waals surface area contributed by atoms with Gasteiger partial charge in [0, 0.05) is 18.5 Å². The monoisotopic (exact) mass is 348 g/mol. The highest BCUT2D eigenvalue weighted by Crippen LogP contribution is 2.29. The molecule has 0 N–H and O–H groups in total. The number of carbonyl (C=O) groups excluding carboxylic acids is 1. The molecular formula is C19H16N4OS. The molecule has 0 atom stereocenters. The zero-order valence-electron chi connectivity index (χ0n) is 13.6. The van der Waals surface area contributed by atoms with Gasteiger partial charge in [0.15, 0.2) is 5.16 Å². The summed E-state index contributed by atoms with van der Waals surface area (Å²) in [6, 6.07) is 16.1. The Hall–Kier alpha value is -2.60. The van der Waals surface area contributed by atoms with Crippen molar-refractivity contribution in [2.75, 3.05) is 18.8 Å². The van der Waals surface area contributed by atoms with Gasteiger partial charge in [0.2, 0.25) is 5.91 Å². The van der Waals surface area contributed by atoms with Crippen molar-refractivity contribution in [1.82, 2.24) is 19.3 Å². The van der Waals surface area contributed by atoms with Gasteiger partial charge in [-0.15, -0.1) is 0 Å². The van der Waals surface area contributed by atoms with Crippen LogP contribution in [0.15, 0.2) is 53.7 Å². The summed E-state index contributed by atoms with van der Waals surface area (Å²) in [4.78, 5) is 23.8. The van der Waals surface area contributed by atoms with Gasteiger partial charge in [0.1, 0.15) is 5.65 Å². The number of hydrogen-bond acceptors (Lipinski definition) is 4. The van der Waals surface area contributed by atoms with Gasteiger partial charge in [-0.05, 0) is 30.7 Å². The van der Waals surface area contributed by atoms with E-state index < -0.39 is 0 Å². The second kappa shape index (κ2) is 5.74. The number of likely N-dealkylation sites (tertiary alicyclic amines) is 1. The summed E-state index contributed by atoms with van der Waals surface area (Å²) in [6.07, 6.45) is 1.11. The van der Waals surface area contributed by atoms with Gasteiger partial charge in [-0.25, -0.2) is 9.97 Å². The molecule has 1 aliphatic rings. The van der Waals surface area contributed by atoms with Gasteiger partial charge in [-0.1, -0.05) is 36.0 Å². The van der Waals surface area contributed by atoms with E-state index in [1.807, 2.05) is 53.4 Å². The molecule has 0 radical (unpaired) electrons. The molecule has 124 valence electrons. The van der Waals surface area contributed by atoms with Gasteiger partial charge < -0.3 is 4.90 Å². The fraction of sp³-hybridized carbons (Fsp3) is 0.211. The highest BCUT2D eigenvalue weighted by molar-refractivity contribution is 7.99. The molecule has 0 spiro atoms. The minimum atomic E-state index is 0.184. The maximum absolute atomic E-state index is 12.3. The number of hydrogen-bond donors (Lipinski definition) is 0. The van der Waals surface area contributed by atoms with Crippen LogP contribution in [0.5, 0.6) is 0 Å². The van der Waals surface area contributed by atoms with E-state index in [2.05, 4.69) is 4.40 Å². The Balaban J connectivity index is 1.67. The van der Waals surface area contributed by atoms with E-state index >= 15 is 0 Å². The summed E-state index contributed by atoms with van der Waals surface area (Å²) in [5.41, 5.74) is 3.76. The van der Waals surface area contributed by atoms with Gasteiger partial charge in [-0.3, -0.25) is 9.20 Å².